The second kappa shape index (κ2) is 15.4. The maximum absolute atomic E-state index is 14.2. The van der Waals surface area contributed by atoms with Crippen LogP contribution < -0.4 is 14.4 Å². The number of hydrogen-bond donors (Lipinski definition) is 1. The Morgan fingerprint density at radius 1 is 0.929 bits per heavy atom. The van der Waals surface area contributed by atoms with Crippen molar-refractivity contribution in [1.82, 2.24) is 10.2 Å². The predicted molar refractivity (Wildman–Crippen MR) is 167 cm³/mol. The average molecular weight is 594 g/mol. The van der Waals surface area contributed by atoms with Crippen LogP contribution in [0.2, 0.25) is 0 Å². The number of methoxy groups -OCH3 is 1. The molecular weight excluding hydrogens is 550 g/mol. The first-order chi connectivity index (χ1) is 20.1. The number of carbonyl (C=O) groups is 2. The molecule has 226 valence electrons. The summed E-state index contributed by atoms with van der Waals surface area (Å²) in [5.74, 6) is 0.136. The molecule has 3 rings (SSSR count). The topological polar surface area (TPSA) is 96.0 Å². The molecule has 0 aliphatic rings. The quantitative estimate of drug-likeness (QED) is 0.227. The Balaban J connectivity index is 2.05. The van der Waals surface area contributed by atoms with Crippen molar-refractivity contribution < 1.29 is 22.7 Å². The zero-order valence-electron chi connectivity index (χ0n) is 25.2. The number of nitrogens with zero attached hydrogens (tertiary/aromatic N) is 2. The van der Waals surface area contributed by atoms with Crippen LogP contribution in [0.5, 0.6) is 5.75 Å². The van der Waals surface area contributed by atoms with Gasteiger partial charge in [0.15, 0.2) is 0 Å². The predicted octanol–water partition coefficient (Wildman–Crippen LogP) is 5.74. The molecule has 0 aliphatic carbocycles. The van der Waals surface area contributed by atoms with Crippen LogP contribution in [0.15, 0.2) is 83.8 Å². The summed E-state index contributed by atoms with van der Waals surface area (Å²) >= 11 is 0. The molecule has 8 nitrogen and oxygen atoms in total. The molecule has 42 heavy (non-hydrogen) atoms. The lowest BCUT2D eigenvalue weighted by atomic mass is 10.0. The Morgan fingerprint density at radius 3 is 2.21 bits per heavy atom. The number of nitrogens with one attached hydrogen (secondary N) is 1. The minimum atomic E-state index is -4.10. The maximum atomic E-state index is 14.2. The number of amides is 2. The minimum Gasteiger partial charge on any atom is -0.497 e. The molecule has 0 heterocycles. The third-order valence-electron chi connectivity index (χ3n) is 7.16. The van der Waals surface area contributed by atoms with E-state index < -0.39 is 28.5 Å². The number of rotatable bonds is 15. The fourth-order valence-electron chi connectivity index (χ4n) is 4.67. The van der Waals surface area contributed by atoms with Gasteiger partial charge in [0.05, 0.1) is 17.7 Å². The first kappa shape index (κ1) is 32.7. The van der Waals surface area contributed by atoms with E-state index in [1.807, 2.05) is 44.2 Å². The first-order valence-corrected chi connectivity index (χ1v) is 15.9. The van der Waals surface area contributed by atoms with E-state index in [1.54, 1.807) is 43.5 Å². The number of carbonyl (C=O) groups excluding carboxylic acids is 2. The van der Waals surface area contributed by atoms with Gasteiger partial charge < -0.3 is 15.0 Å². The largest absolute Gasteiger partial charge is 0.497 e. The molecule has 0 fully saturated rings. The molecule has 0 radical (unpaired) electrons. The van der Waals surface area contributed by atoms with Gasteiger partial charge in [0.25, 0.3) is 10.0 Å². The molecule has 0 aliphatic heterocycles. The molecule has 0 unspecified atom stereocenters. The monoisotopic (exact) mass is 593 g/mol. The Morgan fingerprint density at radius 2 is 1.62 bits per heavy atom. The van der Waals surface area contributed by atoms with E-state index in [1.165, 1.54) is 17.0 Å². The molecule has 2 amide bonds. The van der Waals surface area contributed by atoms with Crippen molar-refractivity contribution in [2.24, 2.45) is 0 Å². The summed E-state index contributed by atoms with van der Waals surface area (Å²) in [7, 11) is -2.54. The van der Waals surface area contributed by atoms with Gasteiger partial charge >= 0.3 is 0 Å². The lowest BCUT2D eigenvalue weighted by Crippen LogP contribution is -2.52. The average Bonchev–Trinajstić information content (AvgIpc) is 3.00. The van der Waals surface area contributed by atoms with Gasteiger partial charge in [0.2, 0.25) is 11.8 Å². The second-order valence-electron chi connectivity index (χ2n) is 10.5. The highest BCUT2D eigenvalue weighted by Gasteiger charge is 2.33. The Hall–Kier alpha value is -3.85. The van der Waals surface area contributed by atoms with Gasteiger partial charge in [-0.2, -0.15) is 0 Å². The first-order valence-electron chi connectivity index (χ1n) is 14.5. The van der Waals surface area contributed by atoms with Gasteiger partial charge in [-0.25, -0.2) is 8.42 Å². The van der Waals surface area contributed by atoms with Crippen LogP contribution in [0.1, 0.15) is 64.0 Å². The van der Waals surface area contributed by atoms with Crippen molar-refractivity contribution >= 4 is 27.5 Å². The van der Waals surface area contributed by atoms with Crippen LogP contribution in [-0.2, 0) is 26.2 Å². The maximum Gasteiger partial charge on any atom is 0.264 e. The fraction of sp³-hybridized carbons (Fsp3) is 0.394. The van der Waals surface area contributed by atoms with Crippen molar-refractivity contribution in [3.05, 3.63) is 90.0 Å². The van der Waals surface area contributed by atoms with Crippen molar-refractivity contribution in [3.8, 4) is 5.75 Å². The van der Waals surface area contributed by atoms with Crippen LogP contribution in [0.25, 0.3) is 0 Å². The summed E-state index contributed by atoms with van der Waals surface area (Å²) in [6, 6.07) is 21.8. The van der Waals surface area contributed by atoms with Gasteiger partial charge in [-0.05, 0) is 66.3 Å². The van der Waals surface area contributed by atoms with E-state index >= 15 is 0 Å². The third-order valence-corrected chi connectivity index (χ3v) is 8.95. The Bertz CT molecular complexity index is 1410. The van der Waals surface area contributed by atoms with E-state index in [4.69, 9.17) is 4.74 Å². The number of anilines is 1. The molecular formula is C33H43N3O5S. The molecule has 1 atom stereocenters. The zero-order valence-corrected chi connectivity index (χ0v) is 26.1. The molecule has 0 aromatic heterocycles. The van der Waals surface area contributed by atoms with Gasteiger partial charge in [-0.3, -0.25) is 13.9 Å². The summed E-state index contributed by atoms with van der Waals surface area (Å²) in [6.07, 6.45) is 2.11. The van der Waals surface area contributed by atoms with E-state index in [2.05, 4.69) is 19.2 Å². The highest BCUT2D eigenvalue weighted by atomic mass is 32.2. The van der Waals surface area contributed by atoms with Crippen molar-refractivity contribution in [3.63, 3.8) is 0 Å². The van der Waals surface area contributed by atoms with Gasteiger partial charge in [0.1, 0.15) is 18.3 Å². The zero-order chi connectivity index (χ0) is 30.7. The van der Waals surface area contributed by atoms with Crippen molar-refractivity contribution in [2.75, 3.05) is 24.5 Å². The van der Waals surface area contributed by atoms with Gasteiger partial charge in [0, 0.05) is 13.1 Å². The minimum absolute atomic E-state index is 0.0782. The summed E-state index contributed by atoms with van der Waals surface area (Å²) in [4.78, 5) is 29.1. The van der Waals surface area contributed by atoms with Crippen LogP contribution in [0.3, 0.4) is 0 Å². The van der Waals surface area contributed by atoms with E-state index in [9.17, 15) is 18.0 Å². The molecule has 3 aromatic carbocycles. The lowest BCUT2D eigenvalue weighted by molar-refractivity contribution is -0.140. The fourth-order valence-corrected chi connectivity index (χ4v) is 6.10. The number of unbranched alkanes of at least 4 members (excludes halogenated alkanes) is 1. The molecule has 9 heteroatoms. The summed E-state index contributed by atoms with van der Waals surface area (Å²) in [5, 5.41) is 2.95. The number of benzene rings is 3. The van der Waals surface area contributed by atoms with Crippen LogP contribution >= 0.6 is 0 Å². The van der Waals surface area contributed by atoms with Crippen LogP contribution in [0.4, 0.5) is 5.69 Å². The molecule has 1 N–H and O–H groups in total. The molecule has 0 saturated heterocycles. The second-order valence-corrected chi connectivity index (χ2v) is 12.4. The summed E-state index contributed by atoms with van der Waals surface area (Å²) < 4.78 is 34.4. The Labute approximate surface area is 250 Å². The third kappa shape index (κ3) is 8.35. The molecule has 0 bridgehead atoms. The standard InChI is InChI=1S/C33H43N3O5S/c1-6-8-21-34-33(38)31(7-2)35(23-26-13-12-14-29(22-26)41-5)32(37)24-36(28-19-17-27(18-20-28)25(3)4)42(39,40)30-15-10-9-11-16-30/h9-20,22,25,31H,6-8,21,23-24H2,1-5H3,(H,34,38)/t31-/m1/s1. The number of ether oxygens (including phenoxy) is 1. The van der Waals surface area contributed by atoms with Crippen molar-refractivity contribution in [1.29, 1.82) is 0 Å². The van der Waals surface area contributed by atoms with Gasteiger partial charge in [-0.1, -0.05) is 76.6 Å². The summed E-state index contributed by atoms with van der Waals surface area (Å²) in [6.45, 7) is 8.15. The number of hydrogen-bond acceptors (Lipinski definition) is 5. The molecule has 0 spiro atoms. The smallest absolute Gasteiger partial charge is 0.264 e. The number of sulfonamides is 1. The Kier molecular flexibility index (Phi) is 12.0. The highest BCUT2D eigenvalue weighted by molar-refractivity contribution is 7.92. The normalized spacial score (nSPS) is 12.0. The lowest BCUT2D eigenvalue weighted by Gasteiger charge is -2.33. The highest BCUT2D eigenvalue weighted by Crippen LogP contribution is 2.27. The molecule has 0 saturated carbocycles. The van der Waals surface area contributed by atoms with Crippen LogP contribution in [-0.4, -0.2) is 51.4 Å². The van der Waals surface area contributed by atoms with Crippen LogP contribution in [0, 0.1) is 0 Å². The summed E-state index contributed by atoms with van der Waals surface area (Å²) in [5.41, 5.74) is 2.19. The van der Waals surface area contributed by atoms with E-state index in [-0.39, 0.29) is 23.3 Å². The van der Waals surface area contributed by atoms with E-state index in [0.29, 0.717) is 24.4 Å². The SMILES string of the molecule is CCCCNC(=O)[C@@H](CC)N(Cc1cccc(OC)c1)C(=O)CN(c1ccc(C(C)C)cc1)S(=O)(=O)c1ccccc1. The van der Waals surface area contributed by atoms with E-state index in [0.717, 1.165) is 28.3 Å². The molecule has 3 aromatic rings. The van der Waals surface area contributed by atoms with Crippen molar-refractivity contribution in [2.45, 2.75) is 70.4 Å². The van der Waals surface area contributed by atoms with Gasteiger partial charge in [-0.15, -0.1) is 0 Å².